The molecule has 0 spiro atoms. The molecule has 0 heterocycles. The molecule has 2 amide bonds. The van der Waals surface area contributed by atoms with Crippen molar-refractivity contribution < 1.29 is 14.3 Å². The maximum atomic E-state index is 13.0. The molecular formula is C24H31ClN2O3. The molecule has 0 saturated heterocycles. The van der Waals surface area contributed by atoms with Gasteiger partial charge < -0.3 is 15.0 Å². The van der Waals surface area contributed by atoms with Gasteiger partial charge >= 0.3 is 0 Å². The summed E-state index contributed by atoms with van der Waals surface area (Å²) >= 11 is 6.10. The Balaban J connectivity index is 1.97. The van der Waals surface area contributed by atoms with E-state index in [1.54, 1.807) is 17.9 Å². The van der Waals surface area contributed by atoms with Gasteiger partial charge in [0.1, 0.15) is 11.8 Å². The van der Waals surface area contributed by atoms with Gasteiger partial charge in [-0.2, -0.15) is 0 Å². The van der Waals surface area contributed by atoms with Gasteiger partial charge in [-0.3, -0.25) is 9.59 Å². The SMILES string of the molecule is CCCCNC(=O)[C@@H](C)N(Cc1cccc(Cl)c1)C(=O)CCCOc1ccccc1. The van der Waals surface area contributed by atoms with Gasteiger partial charge in [-0.25, -0.2) is 0 Å². The molecule has 162 valence electrons. The number of hydrogen-bond acceptors (Lipinski definition) is 3. The van der Waals surface area contributed by atoms with Gasteiger partial charge in [0.2, 0.25) is 11.8 Å². The van der Waals surface area contributed by atoms with E-state index in [0.29, 0.717) is 37.6 Å². The van der Waals surface area contributed by atoms with Gasteiger partial charge in [0.05, 0.1) is 6.61 Å². The molecule has 1 N–H and O–H groups in total. The number of ether oxygens (including phenoxy) is 1. The van der Waals surface area contributed by atoms with Crippen molar-refractivity contribution in [1.82, 2.24) is 10.2 Å². The lowest BCUT2D eigenvalue weighted by molar-refractivity contribution is -0.140. The van der Waals surface area contributed by atoms with Crippen LogP contribution in [0.3, 0.4) is 0 Å². The number of carbonyl (C=O) groups is 2. The smallest absolute Gasteiger partial charge is 0.242 e. The van der Waals surface area contributed by atoms with E-state index in [1.807, 2.05) is 48.5 Å². The summed E-state index contributed by atoms with van der Waals surface area (Å²) in [7, 11) is 0. The normalized spacial score (nSPS) is 11.6. The molecule has 2 rings (SSSR count). The van der Waals surface area contributed by atoms with Crippen LogP contribution >= 0.6 is 11.6 Å². The van der Waals surface area contributed by atoms with E-state index in [2.05, 4.69) is 12.2 Å². The van der Waals surface area contributed by atoms with Crippen LogP contribution in [0.5, 0.6) is 5.75 Å². The number of carbonyl (C=O) groups excluding carboxylic acids is 2. The monoisotopic (exact) mass is 430 g/mol. The molecule has 0 aliphatic rings. The number of para-hydroxylation sites is 1. The van der Waals surface area contributed by atoms with E-state index < -0.39 is 6.04 Å². The number of benzene rings is 2. The molecular weight excluding hydrogens is 400 g/mol. The van der Waals surface area contributed by atoms with Crippen molar-refractivity contribution in [2.24, 2.45) is 0 Å². The largest absolute Gasteiger partial charge is 0.494 e. The number of amides is 2. The maximum Gasteiger partial charge on any atom is 0.242 e. The molecule has 0 bridgehead atoms. The van der Waals surface area contributed by atoms with Crippen molar-refractivity contribution in [3.05, 3.63) is 65.2 Å². The van der Waals surface area contributed by atoms with Crippen molar-refractivity contribution in [3.63, 3.8) is 0 Å². The zero-order chi connectivity index (χ0) is 21.8. The average molecular weight is 431 g/mol. The molecule has 0 aromatic heterocycles. The van der Waals surface area contributed by atoms with Crippen LogP contribution in [0.25, 0.3) is 0 Å². The van der Waals surface area contributed by atoms with Crippen LogP contribution in [-0.2, 0) is 16.1 Å². The van der Waals surface area contributed by atoms with Gasteiger partial charge in [0.15, 0.2) is 0 Å². The molecule has 6 heteroatoms. The lowest BCUT2D eigenvalue weighted by Crippen LogP contribution is -2.47. The highest BCUT2D eigenvalue weighted by Crippen LogP contribution is 2.16. The molecule has 0 saturated carbocycles. The van der Waals surface area contributed by atoms with Crippen LogP contribution in [0.4, 0.5) is 0 Å². The Kier molecular flexibility index (Phi) is 10.2. The summed E-state index contributed by atoms with van der Waals surface area (Å²) in [4.78, 5) is 27.2. The molecule has 5 nitrogen and oxygen atoms in total. The number of halogens is 1. The van der Waals surface area contributed by atoms with Gasteiger partial charge in [0, 0.05) is 24.5 Å². The minimum absolute atomic E-state index is 0.0789. The van der Waals surface area contributed by atoms with Crippen LogP contribution in [0.15, 0.2) is 54.6 Å². The molecule has 30 heavy (non-hydrogen) atoms. The Bertz CT molecular complexity index is 798. The molecule has 0 aliphatic heterocycles. The predicted octanol–water partition coefficient (Wildman–Crippen LogP) is 4.83. The number of nitrogens with one attached hydrogen (secondary N) is 1. The lowest BCUT2D eigenvalue weighted by atomic mass is 10.1. The van der Waals surface area contributed by atoms with Gasteiger partial charge in [-0.15, -0.1) is 0 Å². The molecule has 1 atom stereocenters. The Hall–Kier alpha value is -2.53. The summed E-state index contributed by atoms with van der Waals surface area (Å²) in [5.41, 5.74) is 0.893. The quantitative estimate of drug-likeness (QED) is 0.490. The molecule has 2 aromatic rings. The highest BCUT2D eigenvalue weighted by Gasteiger charge is 2.25. The molecule has 0 unspecified atom stereocenters. The molecule has 0 fully saturated rings. The second-order valence-electron chi connectivity index (χ2n) is 7.24. The summed E-state index contributed by atoms with van der Waals surface area (Å²) in [6, 6.07) is 16.3. The summed E-state index contributed by atoms with van der Waals surface area (Å²) < 4.78 is 5.68. The van der Waals surface area contributed by atoms with Crippen molar-refractivity contribution >= 4 is 23.4 Å². The molecule has 2 aromatic carbocycles. The third-order valence-corrected chi connectivity index (χ3v) is 5.02. The van der Waals surface area contributed by atoms with Crippen LogP contribution in [0.2, 0.25) is 5.02 Å². The second kappa shape index (κ2) is 12.9. The van der Waals surface area contributed by atoms with Crippen molar-refractivity contribution in [2.45, 2.75) is 52.1 Å². The van der Waals surface area contributed by atoms with Gasteiger partial charge in [0.25, 0.3) is 0 Å². The standard InChI is InChI=1S/C24H31ClN2O3/c1-3-4-15-26-24(29)19(2)27(18-20-10-8-11-21(25)17-20)23(28)14-9-16-30-22-12-6-5-7-13-22/h5-8,10-13,17,19H,3-4,9,14-16,18H2,1-2H3,(H,26,29)/t19-/m1/s1. The zero-order valence-corrected chi connectivity index (χ0v) is 18.5. The third kappa shape index (κ3) is 8.07. The highest BCUT2D eigenvalue weighted by atomic mass is 35.5. The first kappa shape index (κ1) is 23.7. The fourth-order valence-electron chi connectivity index (χ4n) is 3.02. The topological polar surface area (TPSA) is 58.6 Å². The fourth-order valence-corrected chi connectivity index (χ4v) is 3.24. The van der Waals surface area contributed by atoms with Crippen LogP contribution in [-0.4, -0.2) is 35.9 Å². The number of hydrogen-bond donors (Lipinski definition) is 1. The minimum atomic E-state index is -0.566. The third-order valence-electron chi connectivity index (χ3n) is 4.79. The van der Waals surface area contributed by atoms with Crippen LogP contribution < -0.4 is 10.1 Å². The first-order valence-corrected chi connectivity index (χ1v) is 10.9. The highest BCUT2D eigenvalue weighted by molar-refractivity contribution is 6.30. The van der Waals surface area contributed by atoms with Crippen LogP contribution in [0, 0.1) is 0 Å². The fraction of sp³-hybridized carbons (Fsp3) is 0.417. The summed E-state index contributed by atoms with van der Waals surface area (Å²) in [6.07, 6.45) is 2.79. The van der Waals surface area contributed by atoms with E-state index in [0.717, 1.165) is 24.2 Å². The van der Waals surface area contributed by atoms with E-state index >= 15 is 0 Å². The predicted molar refractivity (Wildman–Crippen MR) is 121 cm³/mol. The van der Waals surface area contributed by atoms with E-state index in [1.165, 1.54) is 0 Å². The second-order valence-corrected chi connectivity index (χ2v) is 7.67. The molecule has 0 aliphatic carbocycles. The maximum absolute atomic E-state index is 13.0. The summed E-state index contributed by atoms with van der Waals surface area (Å²) in [6.45, 7) is 5.23. The van der Waals surface area contributed by atoms with Crippen LogP contribution in [0.1, 0.15) is 45.1 Å². The van der Waals surface area contributed by atoms with Crippen molar-refractivity contribution in [1.29, 1.82) is 0 Å². The number of rotatable bonds is 12. The van der Waals surface area contributed by atoms with Gasteiger partial charge in [-0.05, 0) is 49.6 Å². The Labute approximate surface area is 184 Å². The Morgan fingerprint density at radius 2 is 1.87 bits per heavy atom. The van der Waals surface area contributed by atoms with Crippen molar-refractivity contribution in [2.75, 3.05) is 13.2 Å². The van der Waals surface area contributed by atoms with E-state index in [9.17, 15) is 9.59 Å². The van der Waals surface area contributed by atoms with E-state index in [-0.39, 0.29) is 11.8 Å². The average Bonchev–Trinajstić information content (AvgIpc) is 2.75. The number of nitrogens with zero attached hydrogens (tertiary/aromatic N) is 1. The first-order chi connectivity index (χ1) is 14.5. The van der Waals surface area contributed by atoms with E-state index in [4.69, 9.17) is 16.3 Å². The lowest BCUT2D eigenvalue weighted by Gasteiger charge is -2.29. The Morgan fingerprint density at radius 1 is 1.10 bits per heavy atom. The summed E-state index contributed by atoms with van der Waals surface area (Å²) in [5, 5.41) is 3.53. The first-order valence-electron chi connectivity index (χ1n) is 10.5. The minimum Gasteiger partial charge on any atom is -0.494 e. The zero-order valence-electron chi connectivity index (χ0n) is 17.8. The van der Waals surface area contributed by atoms with Crippen molar-refractivity contribution in [3.8, 4) is 5.75 Å². The summed E-state index contributed by atoms with van der Waals surface area (Å²) in [5.74, 6) is 0.563. The number of unbranched alkanes of at least 4 members (excludes halogenated alkanes) is 1. The molecule has 0 radical (unpaired) electrons. The Morgan fingerprint density at radius 3 is 2.57 bits per heavy atom. The van der Waals surface area contributed by atoms with Gasteiger partial charge in [-0.1, -0.05) is 55.3 Å².